The average molecular weight is 350 g/mol. The van der Waals surface area contributed by atoms with E-state index >= 15 is 0 Å². The van der Waals surface area contributed by atoms with Crippen LogP contribution >= 0.6 is 0 Å². The predicted octanol–water partition coefficient (Wildman–Crippen LogP) is 3.38. The van der Waals surface area contributed by atoms with Gasteiger partial charge in [0, 0.05) is 55.0 Å². The van der Waals surface area contributed by atoms with E-state index in [-0.39, 0.29) is 0 Å². The van der Waals surface area contributed by atoms with Gasteiger partial charge in [0.15, 0.2) is 0 Å². The monoisotopic (exact) mass is 349 g/mol. The van der Waals surface area contributed by atoms with Crippen molar-refractivity contribution in [2.75, 3.05) is 20.1 Å². The molecule has 0 spiro atoms. The largest absolute Gasteiger partial charge is 0.374 e. The molecule has 2 rings (SSSR count). The Morgan fingerprint density at radius 3 is 2.23 bits per heavy atom. The fraction of sp³-hybridized carbons (Fsp3) is 0.304. The van der Waals surface area contributed by atoms with Crippen LogP contribution in [0.3, 0.4) is 0 Å². The molecule has 0 saturated heterocycles. The van der Waals surface area contributed by atoms with Crippen LogP contribution in [0.5, 0.6) is 0 Å². The van der Waals surface area contributed by atoms with Crippen LogP contribution in [0.2, 0.25) is 0 Å². The summed E-state index contributed by atoms with van der Waals surface area (Å²) in [6, 6.07) is 3.98. The Bertz CT molecular complexity index is 810. The van der Waals surface area contributed by atoms with Gasteiger partial charge in [-0.3, -0.25) is 0 Å². The van der Waals surface area contributed by atoms with E-state index in [0.717, 1.165) is 66.6 Å². The Kier molecular flexibility index (Phi) is 6.51. The van der Waals surface area contributed by atoms with Crippen molar-refractivity contribution in [1.29, 1.82) is 0 Å². The predicted molar refractivity (Wildman–Crippen MR) is 114 cm³/mol. The highest BCUT2D eigenvalue weighted by molar-refractivity contribution is 5.30. The van der Waals surface area contributed by atoms with Crippen LogP contribution in [0.4, 0.5) is 0 Å². The second-order valence-corrected chi connectivity index (χ2v) is 7.02. The fourth-order valence-corrected chi connectivity index (χ4v) is 2.90. The molecule has 1 aliphatic heterocycles. The second-order valence-electron chi connectivity index (χ2n) is 7.02. The van der Waals surface area contributed by atoms with Gasteiger partial charge in [-0.25, -0.2) is 0 Å². The maximum absolute atomic E-state index is 4.22. The maximum atomic E-state index is 4.22. The number of nitrogens with zero attached hydrogens (tertiary/aromatic N) is 3. The van der Waals surface area contributed by atoms with Crippen molar-refractivity contribution in [2.24, 2.45) is 0 Å². The molecule has 3 nitrogen and oxygen atoms in total. The standard InChI is InChI=1S/C23H31N3/c1-18(16-26-21(4)12-13-22(26)5)10-8-11-20(3)24(7)17-19(2)23(6)25-14-9-15-25/h9,12-14H,1-6,8,10-11,15-17H2,7H3. The zero-order valence-corrected chi connectivity index (χ0v) is 16.1. The smallest absolute Gasteiger partial charge is 0.0438 e. The van der Waals surface area contributed by atoms with E-state index < -0.39 is 0 Å². The Morgan fingerprint density at radius 2 is 1.69 bits per heavy atom. The zero-order chi connectivity index (χ0) is 19.3. The van der Waals surface area contributed by atoms with Gasteiger partial charge < -0.3 is 14.4 Å². The third kappa shape index (κ3) is 4.92. The molecule has 0 amide bonds. The molecule has 0 radical (unpaired) electrons. The summed E-state index contributed by atoms with van der Waals surface area (Å²) in [6.45, 7) is 27.2. The van der Waals surface area contributed by atoms with Gasteiger partial charge in [0.05, 0.1) is 0 Å². The minimum absolute atomic E-state index is 0.752. The molecular formula is C23H31N3. The van der Waals surface area contributed by atoms with Crippen molar-refractivity contribution in [2.45, 2.75) is 25.8 Å². The number of aromatic nitrogens is 1. The first kappa shape index (κ1) is 19.6. The van der Waals surface area contributed by atoms with Gasteiger partial charge in [-0.05, 0) is 43.0 Å². The zero-order valence-electron chi connectivity index (χ0n) is 16.1. The molecule has 1 aromatic rings. The summed E-state index contributed by atoms with van der Waals surface area (Å²) in [4.78, 5) is 4.27. The van der Waals surface area contributed by atoms with Gasteiger partial charge in [-0.15, -0.1) is 0 Å². The Morgan fingerprint density at radius 1 is 1.08 bits per heavy atom. The molecule has 3 heteroatoms. The van der Waals surface area contributed by atoms with E-state index in [0.29, 0.717) is 0 Å². The third-order valence-corrected chi connectivity index (χ3v) is 4.85. The van der Waals surface area contributed by atoms with Crippen LogP contribution in [-0.2, 0) is 6.54 Å². The van der Waals surface area contributed by atoms with Gasteiger partial charge >= 0.3 is 0 Å². The van der Waals surface area contributed by atoms with Crippen molar-refractivity contribution >= 4 is 13.2 Å². The van der Waals surface area contributed by atoms with Crippen LogP contribution in [0.15, 0.2) is 73.3 Å². The summed E-state index contributed by atoms with van der Waals surface area (Å²) in [5.41, 5.74) is 4.32. The van der Waals surface area contributed by atoms with Gasteiger partial charge in [0.25, 0.3) is 0 Å². The molecule has 0 atom stereocenters. The van der Waals surface area contributed by atoms with E-state index in [2.05, 4.69) is 67.0 Å². The number of rotatable bonds is 11. The van der Waals surface area contributed by atoms with Gasteiger partial charge in [0.2, 0.25) is 0 Å². The number of hydrogen-bond acceptors (Lipinski definition) is 2. The lowest BCUT2D eigenvalue weighted by Gasteiger charge is -2.31. The minimum atomic E-state index is 0.752. The minimum Gasteiger partial charge on any atom is -0.374 e. The van der Waals surface area contributed by atoms with E-state index in [4.69, 9.17) is 0 Å². The van der Waals surface area contributed by atoms with Gasteiger partial charge in [-0.2, -0.15) is 0 Å². The molecule has 138 valence electrons. The highest BCUT2D eigenvalue weighted by atomic mass is 15.2. The van der Waals surface area contributed by atoms with Gasteiger partial charge in [-0.1, -0.05) is 45.0 Å². The van der Waals surface area contributed by atoms with Crippen LogP contribution in [0, 0.1) is 0 Å². The summed E-state index contributed by atoms with van der Waals surface area (Å²) in [6.07, 6.45) is 7.09. The van der Waals surface area contributed by atoms with Crippen molar-refractivity contribution in [3.8, 4) is 0 Å². The summed E-state index contributed by atoms with van der Waals surface area (Å²) >= 11 is 0. The molecule has 0 fully saturated rings. The van der Waals surface area contributed by atoms with Crippen molar-refractivity contribution in [1.82, 2.24) is 14.4 Å². The molecule has 26 heavy (non-hydrogen) atoms. The number of allylic oxidation sites excluding steroid dienone is 2. The first-order chi connectivity index (χ1) is 12.3. The van der Waals surface area contributed by atoms with Crippen LogP contribution in [0.25, 0.3) is 13.2 Å². The van der Waals surface area contributed by atoms with E-state index in [1.54, 1.807) is 0 Å². The lowest BCUT2D eigenvalue weighted by atomic mass is 10.1. The Hall–Kier alpha value is -2.68. The third-order valence-electron chi connectivity index (χ3n) is 4.85. The summed E-state index contributed by atoms with van der Waals surface area (Å²) in [7, 11) is 2.06. The SMILES string of the molecule is C=C(CCCC(=C)N(C)CC(=C)C(=C)N1C=CC1)Cn1c(=C)ccc1=C. The number of hydrogen-bond donors (Lipinski definition) is 0. The highest BCUT2D eigenvalue weighted by Crippen LogP contribution is 2.20. The van der Waals surface area contributed by atoms with Crippen LogP contribution < -0.4 is 10.7 Å². The fourth-order valence-electron chi connectivity index (χ4n) is 2.90. The van der Waals surface area contributed by atoms with E-state index in [1.807, 2.05) is 18.3 Å². The Balaban J connectivity index is 1.72. The lowest BCUT2D eigenvalue weighted by molar-refractivity contribution is 0.413. The molecule has 2 heterocycles. The molecular weight excluding hydrogens is 318 g/mol. The molecule has 0 aromatic carbocycles. The number of likely N-dealkylation sites (N-methyl/N-ethyl adjacent to an activating group) is 1. The highest BCUT2D eigenvalue weighted by Gasteiger charge is 2.13. The lowest BCUT2D eigenvalue weighted by Crippen LogP contribution is -2.28. The summed E-state index contributed by atoms with van der Waals surface area (Å²) in [5, 5.41) is 1.96. The maximum Gasteiger partial charge on any atom is 0.0438 e. The summed E-state index contributed by atoms with van der Waals surface area (Å²) in [5.74, 6) is 0. The molecule has 0 N–H and O–H groups in total. The molecule has 0 unspecified atom stereocenters. The van der Waals surface area contributed by atoms with Gasteiger partial charge in [0.1, 0.15) is 0 Å². The van der Waals surface area contributed by atoms with E-state index in [9.17, 15) is 0 Å². The van der Waals surface area contributed by atoms with Crippen LogP contribution in [0.1, 0.15) is 19.3 Å². The molecule has 0 bridgehead atoms. The molecule has 1 aliphatic rings. The molecule has 1 aromatic heterocycles. The normalized spacial score (nSPS) is 12.6. The first-order valence-corrected chi connectivity index (χ1v) is 8.99. The van der Waals surface area contributed by atoms with Crippen molar-refractivity contribution < 1.29 is 0 Å². The molecule has 0 saturated carbocycles. The van der Waals surface area contributed by atoms with Crippen LogP contribution in [-0.4, -0.2) is 34.5 Å². The van der Waals surface area contributed by atoms with Crippen molar-refractivity contribution in [3.05, 3.63) is 84.0 Å². The second kappa shape index (κ2) is 8.61. The average Bonchev–Trinajstić information content (AvgIpc) is 2.84. The Labute approximate surface area is 157 Å². The van der Waals surface area contributed by atoms with E-state index in [1.165, 1.54) is 5.57 Å². The molecule has 0 aliphatic carbocycles. The first-order valence-electron chi connectivity index (χ1n) is 8.99. The topological polar surface area (TPSA) is 11.4 Å². The quantitative estimate of drug-likeness (QED) is 0.448. The van der Waals surface area contributed by atoms with Crippen molar-refractivity contribution in [3.63, 3.8) is 0 Å². The summed E-state index contributed by atoms with van der Waals surface area (Å²) < 4.78 is 2.10.